The largest absolute Gasteiger partial charge is 0.465 e. The third-order valence-electron chi connectivity index (χ3n) is 5.36. The summed E-state index contributed by atoms with van der Waals surface area (Å²) in [4.78, 5) is 30.6. The monoisotopic (exact) mass is 495 g/mol. The van der Waals surface area contributed by atoms with E-state index < -0.39 is 11.6 Å². The Morgan fingerprint density at radius 2 is 1.80 bits per heavy atom. The Morgan fingerprint density at radius 3 is 2.51 bits per heavy atom. The lowest BCUT2D eigenvalue weighted by molar-refractivity contribution is 0.0241. The van der Waals surface area contributed by atoms with E-state index in [0.717, 1.165) is 16.7 Å². The number of nitrogens with two attached hydrogens (primary N) is 1. The van der Waals surface area contributed by atoms with E-state index in [4.69, 9.17) is 31.5 Å². The van der Waals surface area contributed by atoms with E-state index >= 15 is 0 Å². The Bertz CT molecular complexity index is 1300. The Balaban J connectivity index is 1.66. The van der Waals surface area contributed by atoms with Crippen molar-refractivity contribution in [1.29, 1.82) is 0 Å². The second-order valence-corrected chi connectivity index (χ2v) is 9.54. The van der Waals surface area contributed by atoms with Crippen molar-refractivity contribution in [1.82, 2.24) is 9.88 Å². The zero-order valence-corrected chi connectivity index (χ0v) is 20.7. The zero-order valence-electron chi connectivity index (χ0n) is 19.9. The fourth-order valence-corrected chi connectivity index (χ4v) is 4.03. The molecule has 9 heteroatoms. The SMILES string of the molecule is COC(=O)c1c(Cl)cccc1Oc1cnc(N)cc1-c1ccc2c(c1)CN(C(=O)OC(C)(C)C)C2. The van der Waals surface area contributed by atoms with Crippen molar-refractivity contribution in [3.05, 3.63) is 70.4 Å². The number of nitrogen functional groups attached to an aromatic ring is 1. The molecular weight excluding hydrogens is 470 g/mol. The summed E-state index contributed by atoms with van der Waals surface area (Å²) in [6, 6.07) is 12.5. The molecule has 0 atom stereocenters. The number of rotatable bonds is 4. The van der Waals surface area contributed by atoms with Crippen LogP contribution in [0.25, 0.3) is 11.1 Å². The highest BCUT2D eigenvalue weighted by molar-refractivity contribution is 6.34. The molecule has 1 aliphatic heterocycles. The lowest BCUT2D eigenvalue weighted by Crippen LogP contribution is -2.33. The Kier molecular flexibility index (Phi) is 6.58. The minimum atomic E-state index is -0.615. The van der Waals surface area contributed by atoms with Crippen molar-refractivity contribution in [2.75, 3.05) is 12.8 Å². The molecule has 0 bridgehead atoms. The third kappa shape index (κ3) is 5.33. The number of benzene rings is 2. The van der Waals surface area contributed by atoms with Gasteiger partial charge < -0.3 is 19.9 Å². The Hall–Kier alpha value is -3.78. The summed E-state index contributed by atoms with van der Waals surface area (Å²) in [6.45, 7) is 6.42. The van der Waals surface area contributed by atoms with Gasteiger partial charge in [-0.1, -0.05) is 29.8 Å². The predicted molar refractivity (Wildman–Crippen MR) is 132 cm³/mol. The van der Waals surface area contributed by atoms with Crippen LogP contribution in [-0.2, 0) is 22.6 Å². The number of nitrogens with zero attached hydrogens (tertiary/aromatic N) is 2. The first-order valence-corrected chi connectivity index (χ1v) is 11.3. The highest BCUT2D eigenvalue weighted by atomic mass is 35.5. The first-order valence-electron chi connectivity index (χ1n) is 11.0. The first kappa shape index (κ1) is 24.3. The predicted octanol–water partition coefficient (Wildman–Crippen LogP) is 5.81. The lowest BCUT2D eigenvalue weighted by atomic mass is 10.0. The molecule has 0 saturated heterocycles. The molecule has 0 unspecified atom stereocenters. The number of pyridine rings is 1. The number of carbonyl (C=O) groups is 2. The molecule has 0 spiro atoms. The van der Waals surface area contributed by atoms with Gasteiger partial charge in [0.15, 0.2) is 5.75 Å². The van der Waals surface area contributed by atoms with Gasteiger partial charge in [-0.05, 0) is 61.7 Å². The van der Waals surface area contributed by atoms with E-state index in [-0.39, 0.29) is 22.4 Å². The third-order valence-corrected chi connectivity index (χ3v) is 5.68. The van der Waals surface area contributed by atoms with Crippen molar-refractivity contribution in [2.24, 2.45) is 0 Å². The smallest absolute Gasteiger partial charge is 0.410 e. The molecule has 2 N–H and O–H groups in total. The number of anilines is 1. The summed E-state index contributed by atoms with van der Waals surface area (Å²) in [5.74, 6) is 0.306. The molecule has 0 saturated carbocycles. The molecule has 2 aromatic carbocycles. The van der Waals surface area contributed by atoms with Gasteiger partial charge in [-0.15, -0.1) is 0 Å². The summed E-state index contributed by atoms with van der Waals surface area (Å²) >= 11 is 6.24. The van der Waals surface area contributed by atoms with Crippen molar-refractivity contribution < 1.29 is 23.8 Å². The van der Waals surface area contributed by atoms with Gasteiger partial charge >= 0.3 is 12.1 Å². The van der Waals surface area contributed by atoms with Crippen molar-refractivity contribution in [2.45, 2.75) is 39.5 Å². The molecule has 0 aliphatic carbocycles. The van der Waals surface area contributed by atoms with Crippen molar-refractivity contribution in [3.8, 4) is 22.6 Å². The molecule has 0 radical (unpaired) electrons. The number of hydrogen-bond acceptors (Lipinski definition) is 7. The van der Waals surface area contributed by atoms with E-state index in [0.29, 0.717) is 30.2 Å². The molecule has 2 heterocycles. The van der Waals surface area contributed by atoms with Gasteiger partial charge in [0.2, 0.25) is 0 Å². The standard InChI is InChI=1S/C26H26ClN3O5/c1-26(2,3)35-25(32)30-13-16-9-8-15(10-17(16)14-30)18-11-22(28)29-12-21(18)34-20-7-5-6-19(27)23(20)24(31)33-4/h5-12H,13-14H2,1-4H3,(H2,28,29). The van der Waals surface area contributed by atoms with Crippen LogP contribution in [0.2, 0.25) is 5.02 Å². The maximum Gasteiger partial charge on any atom is 0.410 e. The minimum Gasteiger partial charge on any atom is -0.465 e. The summed E-state index contributed by atoms with van der Waals surface area (Å²) in [6.07, 6.45) is 1.14. The summed E-state index contributed by atoms with van der Waals surface area (Å²) in [7, 11) is 1.27. The molecule has 1 aromatic heterocycles. The van der Waals surface area contributed by atoms with E-state index in [2.05, 4.69) is 4.98 Å². The second-order valence-electron chi connectivity index (χ2n) is 9.13. The Morgan fingerprint density at radius 1 is 1.06 bits per heavy atom. The van der Waals surface area contributed by atoms with Gasteiger partial charge in [-0.3, -0.25) is 4.90 Å². The second kappa shape index (κ2) is 9.46. The molecular formula is C26H26ClN3O5. The number of esters is 1. The minimum absolute atomic E-state index is 0.112. The fraction of sp³-hybridized carbons (Fsp3) is 0.269. The fourth-order valence-electron chi connectivity index (χ4n) is 3.79. The van der Waals surface area contributed by atoms with Crippen molar-refractivity contribution in [3.63, 3.8) is 0 Å². The molecule has 182 valence electrons. The number of carbonyl (C=O) groups excluding carboxylic acids is 2. The average molecular weight is 496 g/mol. The van der Waals surface area contributed by atoms with Crippen LogP contribution in [0.15, 0.2) is 48.7 Å². The maximum absolute atomic E-state index is 12.5. The Labute approximate surface area is 208 Å². The number of ether oxygens (including phenoxy) is 3. The number of fused-ring (bicyclic) bond motifs is 1. The van der Waals surface area contributed by atoms with Gasteiger partial charge in [-0.2, -0.15) is 0 Å². The van der Waals surface area contributed by atoms with Crippen LogP contribution in [0, 0.1) is 0 Å². The summed E-state index contributed by atoms with van der Waals surface area (Å²) < 4.78 is 16.5. The molecule has 0 fully saturated rings. The van der Waals surface area contributed by atoms with Gasteiger partial charge in [0.1, 0.15) is 22.7 Å². The highest BCUT2D eigenvalue weighted by Gasteiger charge is 2.28. The number of halogens is 1. The van der Waals surface area contributed by atoms with Crippen LogP contribution in [0.5, 0.6) is 11.5 Å². The van der Waals surface area contributed by atoms with Crippen LogP contribution in [0.3, 0.4) is 0 Å². The quantitative estimate of drug-likeness (QED) is 0.455. The van der Waals surface area contributed by atoms with Gasteiger partial charge in [0.05, 0.1) is 18.3 Å². The molecule has 8 nitrogen and oxygen atoms in total. The van der Waals surface area contributed by atoms with Crippen LogP contribution in [-0.4, -0.2) is 34.7 Å². The van der Waals surface area contributed by atoms with Crippen LogP contribution in [0.1, 0.15) is 42.3 Å². The normalized spacial score (nSPS) is 12.8. The van der Waals surface area contributed by atoms with Crippen LogP contribution in [0.4, 0.5) is 10.6 Å². The van der Waals surface area contributed by atoms with Crippen LogP contribution >= 0.6 is 11.6 Å². The number of aromatic nitrogens is 1. The summed E-state index contributed by atoms with van der Waals surface area (Å²) in [5.41, 5.74) is 9.05. The average Bonchev–Trinajstić information content (AvgIpc) is 3.22. The molecule has 1 aliphatic rings. The topological polar surface area (TPSA) is 104 Å². The van der Waals surface area contributed by atoms with E-state index in [9.17, 15) is 9.59 Å². The molecule has 4 rings (SSSR count). The first-order chi connectivity index (χ1) is 16.6. The molecule has 35 heavy (non-hydrogen) atoms. The van der Waals surface area contributed by atoms with Crippen LogP contribution < -0.4 is 10.5 Å². The van der Waals surface area contributed by atoms with E-state index in [1.54, 1.807) is 29.2 Å². The zero-order chi connectivity index (χ0) is 25.3. The lowest BCUT2D eigenvalue weighted by Gasteiger charge is -2.24. The molecule has 1 amide bonds. The van der Waals surface area contributed by atoms with E-state index in [1.165, 1.54) is 13.3 Å². The van der Waals surface area contributed by atoms with Gasteiger partial charge in [0, 0.05) is 18.7 Å². The highest BCUT2D eigenvalue weighted by Crippen LogP contribution is 2.38. The summed E-state index contributed by atoms with van der Waals surface area (Å²) in [5, 5.41) is 0.207. The maximum atomic E-state index is 12.5. The number of methoxy groups -OCH3 is 1. The van der Waals surface area contributed by atoms with Gasteiger partial charge in [-0.25, -0.2) is 14.6 Å². The van der Waals surface area contributed by atoms with Crippen molar-refractivity contribution >= 4 is 29.5 Å². The molecule has 3 aromatic rings. The number of amides is 1. The van der Waals surface area contributed by atoms with E-state index in [1.807, 2.05) is 39.0 Å². The van der Waals surface area contributed by atoms with Gasteiger partial charge in [0.25, 0.3) is 0 Å². The number of hydrogen-bond donors (Lipinski definition) is 1.